The Morgan fingerprint density at radius 1 is 0.464 bits per heavy atom. The molecule has 0 spiro atoms. The van der Waals surface area contributed by atoms with Gasteiger partial charge in [0, 0.05) is 61.3 Å². The number of rotatable bonds is 11. The Morgan fingerprint density at radius 3 is 1.21 bits per heavy atom. The van der Waals surface area contributed by atoms with Crippen molar-refractivity contribution in [2.75, 3.05) is 18.4 Å². The quantitative estimate of drug-likeness (QED) is 0.107. The van der Waals surface area contributed by atoms with Crippen LogP contribution in [0.1, 0.15) is 72.8 Å². The summed E-state index contributed by atoms with van der Waals surface area (Å²) >= 11 is 0. The number of nitrogens with one attached hydrogen (secondary N) is 4. The number of hydrogen-bond donors (Lipinski definition) is 4. The Hall–Kier alpha value is -5.14. The Kier molecular flexibility index (Phi) is 15.0. The largest absolute Gasteiger partial charge is 0.381 e. The summed E-state index contributed by atoms with van der Waals surface area (Å²) in [6.45, 7) is 2.62. The minimum atomic E-state index is -0.198. The van der Waals surface area contributed by atoms with Crippen molar-refractivity contribution < 1.29 is 8.78 Å². The maximum atomic E-state index is 13.1. The Bertz CT molecular complexity index is 1880. The zero-order valence-electron chi connectivity index (χ0n) is 31.3. The van der Waals surface area contributed by atoms with Crippen LogP contribution in [0.25, 0.3) is 0 Å². The molecule has 2 heterocycles. The molecule has 4 unspecified atom stereocenters. The molecule has 2 fully saturated rings. The first-order valence-electron chi connectivity index (χ1n) is 19.8. The molecule has 6 heteroatoms. The molecule has 6 aromatic carbocycles. The SMILES string of the molecule is C.Fc1ccc(CNC2CCC(C(c3ccccc3)c3ccccc3)NC2)cc1.Fc1ccc(NC2CCC(C(c3ccccc3)c3ccccc3)NC2)cc1. The Labute approximate surface area is 332 Å². The van der Waals surface area contributed by atoms with E-state index in [0.29, 0.717) is 36.0 Å². The Morgan fingerprint density at radius 2 is 0.839 bits per heavy atom. The highest BCUT2D eigenvalue weighted by Gasteiger charge is 2.30. The summed E-state index contributed by atoms with van der Waals surface area (Å²) in [4.78, 5) is 0. The van der Waals surface area contributed by atoms with Crippen LogP contribution in [0, 0.1) is 11.6 Å². The fourth-order valence-corrected chi connectivity index (χ4v) is 8.23. The van der Waals surface area contributed by atoms with Gasteiger partial charge in [0.25, 0.3) is 0 Å². The summed E-state index contributed by atoms with van der Waals surface area (Å²) in [5, 5.41) is 14.7. The third kappa shape index (κ3) is 11.2. The summed E-state index contributed by atoms with van der Waals surface area (Å²) in [6, 6.07) is 58.1. The van der Waals surface area contributed by atoms with Crippen molar-refractivity contribution in [2.24, 2.45) is 0 Å². The first kappa shape index (κ1) is 40.5. The van der Waals surface area contributed by atoms with Gasteiger partial charge in [-0.05, 0) is 89.9 Å². The molecule has 0 radical (unpaired) electrons. The van der Waals surface area contributed by atoms with Crippen LogP contribution in [-0.4, -0.2) is 37.3 Å². The molecule has 4 atom stereocenters. The Balaban J connectivity index is 0.000000187. The molecular weight excluding hydrogens is 695 g/mol. The van der Waals surface area contributed by atoms with E-state index in [1.54, 1.807) is 12.1 Å². The minimum Gasteiger partial charge on any atom is -0.381 e. The van der Waals surface area contributed by atoms with Gasteiger partial charge in [-0.3, -0.25) is 0 Å². The molecule has 2 aliphatic heterocycles. The van der Waals surface area contributed by atoms with Crippen molar-refractivity contribution in [2.45, 2.75) is 75.7 Å². The number of anilines is 1. The number of benzene rings is 6. The van der Waals surface area contributed by atoms with E-state index in [9.17, 15) is 8.78 Å². The predicted octanol–water partition coefficient (Wildman–Crippen LogP) is 10.7. The summed E-state index contributed by atoms with van der Waals surface area (Å²) in [5.41, 5.74) is 7.53. The summed E-state index contributed by atoms with van der Waals surface area (Å²) in [6.07, 6.45) is 4.43. The van der Waals surface area contributed by atoms with Gasteiger partial charge in [0.05, 0.1) is 0 Å². The van der Waals surface area contributed by atoms with E-state index in [1.807, 2.05) is 12.1 Å². The molecule has 2 aliphatic rings. The van der Waals surface area contributed by atoms with Gasteiger partial charge in [0.15, 0.2) is 0 Å². The molecular formula is C50H56F2N4. The smallest absolute Gasteiger partial charge is 0.123 e. The zero-order valence-corrected chi connectivity index (χ0v) is 31.3. The molecule has 4 N–H and O–H groups in total. The first-order valence-corrected chi connectivity index (χ1v) is 19.8. The third-order valence-electron chi connectivity index (χ3n) is 11.1. The van der Waals surface area contributed by atoms with E-state index in [0.717, 1.165) is 56.6 Å². The lowest BCUT2D eigenvalue weighted by Crippen LogP contribution is -2.49. The monoisotopic (exact) mass is 750 g/mol. The van der Waals surface area contributed by atoms with E-state index in [2.05, 4.69) is 143 Å². The van der Waals surface area contributed by atoms with Gasteiger partial charge in [-0.1, -0.05) is 141 Å². The average Bonchev–Trinajstić information content (AvgIpc) is 3.25. The fourth-order valence-electron chi connectivity index (χ4n) is 8.23. The van der Waals surface area contributed by atoms with Gasteiger partial charge in [-0.2, -0.15) is 0 Å². The maximum Gasteiger partial charge on any atom is 0.123 e. The second-order valence-electron chi connectivity index (χ2n) is 14.8. The summed E-state index contributed by atoms with van der Waals surface area (Å²) in [7, 11) is 0. The number of halogens is 2. The van der Waals surface area contributed by atoms with Crippen LogP contribution in [0.4, 0.5) is 14.5 Å². The molecule has 2 saturated heterocycles. The molecule has 8 rings (SSSR count). The van der Waals surface area contributed by atoms with E-state index >= 15 is 0 Å². The second-order valence-corrected chi connectivity index (χ2v) is 14.8. The molecule has 4 nitrogen and oxygen atoms in total. The second kappa shape index (κ2) is 20.7. The molecule has 0 saturated carbocycles. The topological polar surface area (TPSA) is 48.1 Å². The molecule has 0 bridgehead atoms. The van der Waals surface area contributed by atoms with Crippen LogP contribution < -0.4 is 21.3 Å². The highest BCUT2D eigenvalue weighted by molar-refractivity contribution is 5.44. The van der Waals surface area contributed by atoms with Gasteiger partial charge < -0.3 is 21.3 Å². The molecule has 0 aromatic heterocycles. The number of hydrogen-bond acceptors (Lipinski definition) is 4. The van der Waals surface area contributed by atoms with E-state index < -0.39 is 0 Å². The van der Waals surface area contributed by atoms with Crippen LogP contribution >= 0.6 is 0 Å². The van der Waals surface area contributed by atoms with Crippen molar-refractivity contribution in [3.8, 4) is 0 Å². The van der Waals surface area contributed by atoms with E-state index in [4.69, 9.17) is 0 Å². The predicted molar refractivity (Wildman–Crippen MR) is 229 cm³/mol. The van der Waals surface area contributed by atoms with Crippen molar-refractivity contribution in [3.63, 3.8) is 0 Å². The number of piperidine rings is 2. The normalized spacial score (nSPS) is 19.4. The molecule has 0 amide bonds. The van der Waals surface area contributed by atoms with Crippen molar-refractivity contribution in [3.05, 3.63) is 209 Å². The van der Waals surface area contributed by atoms with Gasteiger partial charge in [-0.25, -0.2) is 8.78 Å². The van der Waals surface area contributed by atoms with E-state index in [1.165, 1.54) is 46.5 Å². The van der Waals surface area contributed by atoms with E-state index in [-0.39, 0.29) is 19.1 Å². The van der Waals surface area contributed by atoms with Crippen molar-refractivity contribution >= 4 is 5.69 Å². The standard InChI is InChI=1S/C25H27FN2.C24H25FN2.CH4/c26-22-13-11-19(12-14-22)17-27-23-15-16-24(28-18-23)25(20-7-3-1-4-8-20)21-9-5-2-6-10-21;25-20-11-13-21(14-12-20)27-22-15-16-23(26-17-22)24(18-7-3-1-4-8-18)19-9-5-2-6-10-19;/h1-14,23-25,27-28H,15-18H2;1-14,22-24,26-27H,15-17H2;1H4. The van der Waals surface area contributed by atoms with Crippen LogP contribution in [-0.2, 0) is 6.54 Å². The summed E-state index contributed by atoms with van der Waals surface area (Å²) in [5.74, 6) is 0.328. The van der Waals surface area contributed by atoms with Gasteiger partial charge in [0.2, 0.25) is 0 Å². The fraction of sp³-hybridized carbons (Fsp3) is 0.280. The van der Waals surface area contributed by atoms with Crippen molar-refractivity contribution in [1.82, 2.24) is 16.0 Å². The third-order valence-corrected chi connectivity index (χ3v) is 11.1. The lowest BCUT2D eigenvalue weighted by atomic mass is 9.81. The minimum absolute atomic E-state index is 0. The van der Waals surface area contributed by atoms with Gasteiger partial charge in [0.1, 0.15) is 11.6 Å². The molecule has 6 aromatic rings. The summed E-state index contributed by atoms with van der Waals surface area (Å²) < 4.78 is 26.1. The van der Waals surface area contributed by atoms with Crippen LogP contribution in [0.15, 0.2) is 170 Å². The lowest BCUT2D eigenvalue weighted by molar-refractivity contribution is 0.307. The van der Waals surface area contributed by atoms with Crippen LogP contribution in [0.5, 0.6) is 0 Å². The maximum absolute atomic E-state index is 13.1. The lowest BCUT2D eigenvalue weighted by Gasteiger charge is -2.36. The first-order chi connectivity index (χ1) is 27.1. The highest BCUT2D eigenvalue weighted by Crippen LogP contribution is 2.33. The molecule has 56 heavy (non-hydrogen) atoms. The van der Waals surface area contributed by atoms with Crippen molar-refractivity contribution in [1.29, 1.82) is 0 Å². The van der Waals surface area contributed by atoms with Crippen LogP contribution in [0.2, 0.25) is 0 Å². The van der Waals surface area contributed by atoms with Crippen LogP contribution in [0.3, 0.4) is 0 Å². The van der Waals surface area contributed by atoms with Gasteiger partial charge >= 0.3 is 0 Å². The zero-order chi connectivity index (χ0) is 37.7. The molecule has 290 valence electrons. The average molecular weight is 751 g/mol. The highest BCUT2D eigenvalue weighted by atomic mass is 19.1. The van der Waals surface area contributed by atoms with Gasteiger partial charge in [-0.15, -0.1) is 0 Å². The molecule has 0 aliphatic carbocycles.